The first kappa shape index (κ1) is 2.84. The fraction of sp³-hybridized carbons (Fsp3) is 1.00. The monoisotopic (exact) mass is 144 g/mol. The van der Waals surface area contributed by atoms with Gasteiger partial charge >= 0.3 is 33.6 Å². The van der Waals surface area contributed by atoms with E-state index in [1.165, 1.54) is 4.51 Å². The van der Waals surface area contributed by atoms with E-state index < -0.39 is 0 Å². The van der Waals surface area contributed by atoms with Crippen molar-refractivity contribution >= 4 is 0 Å². The zero-order valence-electron chi connectivity index (χ0n) is 2.64. The predicted molar refractivity (Wildman–Crippen MR) is 14.2 cm³/mol. The second-order valence-electron chi connectivity index (χ2n) is 1.05. The Labute approximate surface area is 34.2 Å². The summed E-state index contributed by atoms with van der Waals surface area (Å²) in [5.74, 6) is 0. The summed E-state index contributed by atoms with van der Waals surface area (Å²) in [6, 6.07) is 0. The molecule has 1 aliphatic heterocycles. The Kier molecular flexibility index (Phi) is 0.560. The van der Waals surface area contributed by atoms with Crippen LogP contribution in [0.2, 0.25) is 9.53 Å². The molecule has 1 rings (SSSR count). The van der Waals surface area contributed by atoms with E-state index in [1.54, 1.807) is 5.02 Å². The molecule has 0 aromatic heterocycles. The van der Waals surface area contributed by atoms with Gasteiger partial charge in [0.2, 0.25) is 0 Å². The Morgan fingerprint density at radius 3 is 2.25 bits per heavy atom. The van der Waals surface area contributed by atoms with Crippen molar-refractivity contribution in [2.24, 2.45) is 0 Å². The van der Waals surface area contributed by atoms with Crippen molar-refractivity contribution in [3.63, 3.8) is 0 Å². The molecule has 0 amide bonds. The van der Waals surface area contributed by atoms with Gasteiger partial charge in [0.15, 0.2) is 0 Å². The molecular weight excluding hydrogens is 137 g/mol. The first-order chi connectivity index (χ1) is 1.89. The van der Waals surface area contributed by atoms with Gasteiger partial charge in [0.25, 0.3) is 0 Å². The molecule has 1 aliphatic rings. The topological polar surface area (TPSA) is 0 Å². The van der Waals surface area contributed by atoms with Gasteiger partial charge in [0.1, 0.15) is 0 Å². The molecule has 0 spiro atoms. The maximum absolute atomic E-state index is 2.32. The van der Waals surface area contributed by atoms with Gasteiger partial charge in [-0.25, -0.2) is 0 Å². The second kappa shape index (κ2) is 0.789. The van der Waals surface area contributed by atoms with E-state index >= 15 is 0 Å². The van der Waals surface area contributed by atoms with E-state index in [-0.39, 0.29) is 0 Å². The minimum atomic E-state index is 0.906. The van der Waals surface area contributed by atoms with Crippen LogP contribution in [0, 0.1) is 0 Å². The molecule has 0 aliphatic carbocycles. The number of rotatable bonds is 0. The molecule has 0 aromatic carbocycles. The third-order valence-corrected chi connectivity index (χ3v) is 2.56. The van der Waals surface area contributed by atoms with Crippen LogP contribution in [0.1, 0.15) is 6.92 Å². The molecule has 26 valence electrons. The Morgan fingerprint density at radius 1 is 2.00 bits per heavy atom. The van der Waals surface area contributed by atoms with E-state index in [4.69, 9.17) is 0 Å². The molecule has 0 bridgehead atoms. The molecule has 0 saturated carbocycles. The third kappa shape index (κ3) is 0.527. The zero-order valence-corrected chi connectivity index (χ0v) is 4.38. The molecule has 0 nitrogen and oxygen atoms in total. The zero-order chi connectivity index (χ0) is 2.99. The summed E-state index contributed by atoms with van der Waals surface area (Å²) in [6.45, 7) is 2.32. The van der Waals surface area contributed by atoms with Crippen molar-refractivity contribution in [1.82, 2.24) is 0 Å². The molecular formula is C3H6Ru. The summed E-state index contributed by atoms with van der Waals surface area (Å²) >= 11 is 0.906. The molecule has 0 aromatic rings. The van der Waals surface area contributed by atoms with Crippen molar-refractivity contribution in [2.75, 3.05) is 0 Å². The molecule has 1 atom stereocenters. The normalized spacial score (nSPS) is 41.8. The van der Waals surface area contributed by atoms with Gasteiger partial charge in [-0.2, -0.15) is 0 Å². The van der Waals surface area contributed by atoms with Gasteiger partial charge in [0, 0.05) is 0 Å². The van der Waals surface area contributed by atoms with Gasteiger partial charge in [-0.1, -0.05) is 0 Å². The van der Waals surface area contributed by atoms with Crippen molar-refractivity contribution < 1.29 is 17.1 Å². The summed E-state index contributed by atoms with van der Waals surface area (Å²) in [4.78, 5) is 0. The Balaban J connectivity index is 2.17. The van der Waals surface area contributed by atoms with Crippen molar-refractivity contribution in [3.8, 4) is 0 Å². The number of hydrogen-bond acceptors (Lipinski definition) is 0. The Morgan fingerprint density at radius 2 is 2.25 bits per heavy atom. The Hall–Kier alpha value is 0.623. The van der Waals surface area contributed by atoms with Crippen LogP contribution in [-0.4, -0.2) is 0 Å². The first-order valence-corrected chi connectivity index (χ1v) is 3.67. The van der Waals surface area contributed by atoms with E-state index in [0.717, 1.165) is 17.1 Å². The second-order valence-corrected chi connectivity index (χ2v) is 4.18. The van der Waals surface area contributed by atoms with Crippen LogP contribution in [0.5, 0.6) is 0 Å². The average Bonchev–Trinajstić information content (AvgIpc) is 1.75. The van der Waals surface area contributed by atoms with Crippen molar-refractivity contribution in [1.29, 1.82) is 0 Å². The molecule has 0 N–H and O–H groups in total. The Bertz CT molecular complexity index is 22.5. The fourth-order valence-electron chi connectivity index (χ4n) is 0.0833. The van der Waals surface area contributed by atoms with Crippen molar-refractivity contribution in [2.45, 2.75) is 16.5 Å². The van der Waals surface area contributed by atoms with E-state index in [2.05, 4.69) is 6.92 Å². The maximum atomic E-state index is 2.32. The van der Waals surface area contributed by atoms with Gasteiger partial charge < -0.3 is 0 Å². The van der Waals surface area contributed by atoms with Crippen LogP contribution in [0.15, 0.2) is 0 Å². The number of hydrogen-bond donors (Lipinski definition) is 0. The first-order valence-electron chi connectivity index (χ1n) is 1.44. The van der Waals surface area contributed by atoms with Gasteiger partial charge in [-0.15, -0.1) is 0 Å². The third-order valence-electron chi connectivity index (χ3n) is 0.433. The van der Waals surface area contributed by atoms with Crippen molar-refractivity contribution in [3.05, 3.63) is 0 Å². The molecule has 1 saturated heterocycles. The van der Waals surface area contributed by atoms with Gasteiger partial charge in [0.05, 0.1) is 0 Å². The van der Waals surface area contributed by atoms with Gasteiger partial charge in [-0.05, 0) is 0 Å². The van der Waals surface area contributed by atoms with Crippen LogP contribution < -0.4 is 0 Å². The van der Waals surface area contributed by atoms with Crippen LogP contribution >= 0.6 is 0 Å². The predicted octanol–water partition coefficient (Wildman–Crippen LogP) is 1.31. The quantitative estimate of drug-likeness (QED) is 0.448. The standard InChI is InChI=1S/C3H6.Ru/c1-3-2;/h3H,1H2,2H3;. The van der Waals surface area contributed by atoms with E-state index in [0.29, 0.717) is 0 Å². The van der Waals surface area contributed by atoms with E-state index in [1.807, 2.05) is 0 Å². The van der Waals surface area contributed by atoms with E-state index in [9.17, 15) is 0 Å². The van der Waals surface area contributed by atoms with Crippen LogP contribution in [0.25, 0.3) is 0 Å². The summed E-state index contributed by atoms with van der Waals surface area (Å²) in [6.07, 6.45) is 0. The molecule has 1 heteroatoms. The average molecular weight is 143 g/mol. The summed E-state index contributed by atoms with van der Waals surface area (Å²) in [7, 11) is 0. The van der Waals surface area contributed by atoms with Crippen LogP contribution in [0.3, 0.4) is 0 Å². The molecule has 1 unspecified atom stereocenters. The molecule has 1 fully saturated rings. The molecule has 1 heterocycles. The summed E-state index contributed by atoms with van der Waals surface area (Å²) in [5, 5.41) is 1.58. The minimum absolute atomic E-state index is 0.906. The summed E-state index contributed by atoms with van der Waals surface area (Å²) < 4.78 is 1.17. The summed E-state index contributed by atoms with van der Waals surface area (Å²) in [5.41, 5.74) is 0. The van der Waals surface area contributed by atoms with Gasteiger partial charge in [-0.3, -0.25) is 0 Å². The van der Waals surface area contributed by atoms with Crippen LogP contribution in [-0.2, 0) is 17.1 Å². The SMILES string of the molecule is C[CH]1[CH2][Ru]1. The molecule has 0 radical (unpaired) electrons. The molecule has 4 heavy (non-hydrogen) atoms. The van der Waals surface area contributed by atoms with Crippen LogP contribution in [0.4, 0.5) is 0 Å². The fourth-order valence-corrected chi connectivity index (χ4v) is 0.493.